The largest absolute Gasteiger partial charge is 0.399 e. The highest BCUT2D eigenvalue weighted by Gasteiger charge is 2.07. The quantitative estimate of drug-likeness (QED) is 0.719. The first kappa shape index (κ1) is 12.9. The second-order valence-corrected chi connectivity index (χ2v) is 4.56. The maximum absolute atomic E-state index is 5.94. The van der Waals surface area contributed by atoms with Crippen LogP contribution in [0, 0.1) is 5.92 Å². The molecule has 1 atom stereocenters. The number of rotatable bonds is 6. The molecule has 2 heteroatoms. The van der Waals surface area contributed by atoms with Gasteiger partial charge in [-0.2, -0.15) is 0 Å². The number of hydrogen-bond acceptors (Lipinski definition) is 2. The number of nitrogen functional groups attached to an aromatic ring is 2. The van der Waals surface area contributed by atoms with E-state index < -0.39 is 0 Å². The molecule has 1 unspecified atom stereocenters. The Hall–Kier alpha value is -1.18. The molecule has 1 rings (SSSR count). The van der Waals surface area contributed by atoms with E-state index in [0.717, 1.165) is 23.7 Å². The predicted molar refractivity (Wildman–Crippen MR) is 72.3 cm³/mol. The monoisotopic (exact) mass is 220 g/mol. The Morgan fingerprint density at radius 1 is 1.12 bits per heavy atom. The van der Waals surface area contributed by atoms with Crippen LogP contribution in [0.25, 0.3) is 0 Å². The third kappa shape index (κ3) is 3.76. The van der Waals surface area contributed by atoms with Gasteiger partial charge in [0.15, 0.2) is 0 Å². The molecule has 0 saturated carbocycles. The van der Waals surface area contributed by atoms with Crippen LogP contribution in [0.2, 0.25) is 0 Å². The van der Waals surface area contributed by atoms with Crippen molar-refractivity contribution >= 4 is 11.4 Å². The van der Waals surface area contributed by atoms with E-state index in [1.54, 1.807) is 0 Å². The van der Waals surface area contributed by atoms with Gasteiger partial charge in [-0.3, -0.25) is 0 Å². The molecule has 0 amide bonds. The summed E-state index contributed by atoms with van der Waals surface area (Å²) in [5.41, 5.74) is 14.6. The molecule has 2 nitrogen and oxygen atoms in total. The van der Waals surface area contributed by atoms with Crippen LogP contribution in [0.3, 0.4) is 0 Å². The van der Waals surface area contributed by atoms with Crippen LogP contribution in [-0.4, -0.2) is 0 Å². The first-order valence-electron chi connectivity index (χ1n) is 6.31. The van der Waals surface area contributed by atoms with Gasteiger partial charge in [-0.05, 0) is 42.5 Å². The smallest absolute Gasteiger partial charge is 0.0348 e. The molecule has 0 aliphatic heterocycles. The first-order valence-corrected chi connectivity index (χ1v) is 6.31. The zero-order valence-corrected chi connectivity index (χ0v) is 10.5. The molecule has 0 spiro atoms. The zero-order chi connectivity index (χ0) is 12.0. The minimum Gasteiger partial charge on any atom is -0.399 e. The van der Waals surface area contributed by atoms with Crippen molar-refractivity contribution < 1.29 is 0 Å². The Bertz CT molecular complexity index is 321. The predicted octanol–water partition coefficient (Wildman–Crippen LogP) is 3.61. The van der Waals surface area contributed by atoms with E-state index in [-0.39, 0.29) is 0 Å². The lowest BCUT2D eigenvalue weighted by molar-refractivity contribution is 0.433. The highest BCUT2D eigenvalue weighted by Crippen LogP contribution is 2.22. The summed E-state index contributed by atoms with van der Waals surface area (Å²) in [5, 5.41) is 0. The van der Waals surface area contributed by atoms with Gasteiger partial charge in [0.25, 0.3) is 0 Å². The van der Waals surface area contributed by atoms with Gasteiger partial charge < -0.3 is 11.5 Å². The van der Waals surface area contributed by atoms with E-state index in [0.29, 0.717) is 0 Å². The van der Waals surface area contributed by atoms with Crippen LogP contribution in [-0.2, 0) is 6.42 Å². The lowest BCUT2D eigenvalue weighted by atomic mass is 9.92. The number of nitrogens with two attached hydrogens (primary N) is 2. The summed E-state index contributed by atoms with van der Waals surface area (Å²) in [6.07, 6.45) is 6.12. The summed E-state index contributed by atoms with van der Waals surface area (Å²) in [6, 6.07) is 5.78. The van der Waals surface area contributed by atoms with Gasteiger partial charge in [0.05, 0.1) is 0 Å². The second kappa shape index (κ2) is 6.41. The number of benzene rings is 1. The van der Waals surface area contributed by atoms with Gasteiger partial charge in [-0.1, -0.05) is 33.1 Å². The van der Waals surface area contributed by atoms with Gasteiger partial charge in [0, 0.05) is 11.4 Å². The van der Waals surface area contributed by atoms with Crippen LogP contribution in [0.15, 0.2) is 18.2 Å². The fraction of sp³-hybridized carbons (Fsp3) is 0.571. The summed E-state index contributed by atoms with van der Waals surface area (Å²) in [4.78, 5) is 0. The lowest BCUT2D eigenvalue weighted by Gasteiger charge is -2.14. The Morgan fingerprint density at radius 2 is 1.88 bits per heavy atom. The topological polar surface area (TPSA) is 52.0 Å². The molecule has 0 aromatic heterocycles. The van der Waals surface area contributed by atoms with E-state index in [2.05, 4.69) is 13.8 Å². The van der Waals surface area contributed by atoms with Gasteiger partial charge in [0.1, 0.15) is 0 Å². The minimum absolute atomic E-state index is 0.813. The molecule has 0 fully saturated rings. The Kier molecular flexibility index (Phi) is 5.17. The van der Waals surface area contributed by atoms with Gasteiger partial charge in [-0.15, -0.1) is 0 Å². The second-order valence-electron chi connectivity index (χ2n) is 4.56. The molecular formula is C14H24N2. The molecular weight excluding hydrogens is 196 g/mol. The SMILES string of the molecule is CCCC(CC)CCc1cc(N)ccc1N. The maximum Gasteiger partial charge on any atom is 0.0348 e. The molecule has 4 N–H and O–H groups in total. The molecule has 1 aromatic rings. The number of hydrogen-bond donors (Lipinski definition) is 2. The highest BCUT2D eigenvalue weighted by molar-refractivity contribution is 5.55. The third-order valence-electron chi connectivity index (χ3n) is 3.26. The highest BCUT2D eigenvalue weighted by atomic mass is 14.6. The summed E-state index contributed by atoms with van der Waals surface area (Å²) in [6.45, 7) is 4.51. The van der Waals surface area contributed by atoms with Gasteiger partial charge in [0.2, 0.25) is 0 Å². The van der Waals surface area contributed by atoms with Crippen molar-refractivity contribution in [2.24, 2.45) is 5.92 Å². The molecule has 16 heavy (non-hydrogen) atoms. The number of aryl methyl sites for hydroxylation is 1. The molecule has 90 valence electrons. The fourth-order valence-electron chi connectivity index (χ4n) is 2.16. The average Bonchev–Trinajstić information content (AvgIpc) is 2.28. The van der Waals surface area contributed by atoms with Crippen LogP contribution >= 0.6 is 0 Å². The van der Waals surface area contributed by atoms with Crippen molar-refractivity contribution in [1.29, 1.82) is 0 Å². The standard InChI is InChI=1S/C14H24N2/c1-3-5-11(4-2)6-7-12-10-13(15)8-9-14(12)16/h8-11H,3-7,15-16H2,1-2H3. The van der Waals surface area contributed by atoms with Crippen molar-refractivity contribution in [3.63, 3.8) is 0 Å². The Balaban J connectivity index is 2.55. The van der Waals surface area contributed by atoms with E-state index in [1.165, 1.54) is 31.2 Å². The van der Waals surface area contributed by atoms with Gasteiger partial charge >= 0.3 is 0 Å². The fourth-order valence-corrected chi connectivity index (χ4v) is 2.16. The molecule has 1 aromatic carbocycles. The summed E-state index contributed by atoms with van der Waals surface area (Å²) >= 11 is 0. The molecule has 0 heterocycles. The van der Waals surface area contributed by atoms with E-state index in [9.17, 15) is 0 Å². The van der Waals surface area contributed by atoms with Crippen LogP contribution in [0.5, 0.6) is 0 Å². The summed E-state index contributed by atoms with van der Waals surface area (Å²) in [5.74, 6) is 0.825. The van der Waals surface area contributed by atoms with E-state index in [4.69, 9.17) is 11.5 Å². The zero-order valence-electron chi connectivity index (χ0n) is 10.5. The lowest BCUT2D eigenvalue weighted by Crippen LogP contribution is -2.03. The third-order valence-corrected chi connectivity index (χ3v) is 3.26. The summed E-state index contributed by atoms with van der Waals surface area (Å²) < 4.78 is 0. The normalized spacial score (nSPS) is 12.6. The molecule has 0 aliphatic rings. The van der Waals surface area contributed by atoms with Crippen molar-refractivity contribution in [2.45, 2.75) is 46.0 Å². The van der Waals surface area contributed by atoms with Crippen molar-refractivity contribution in [1.82, 2.24) is 0 Å². The van der Waals surface area contributed by atoms with Crippen molar-refractivity contribution in [3.8, 4) is 0 Å². The molecule has 0 radical (unpaired) electrons. The van der Waals surface area contributed by atoms with E-state index >= 15 is 0 Å². The summed E-state index contributed by atoms with van der Waals surface area (Å²) in [7, 11) is 0. The van der Waals surface area contributed by atoms with Crippen LogP contribution in [0.1, 0.15) is 45.1 Å². The van der Waals surface area contributed by atoms with Gasteiger partial charge in [-0.25, -0.2) is 0 Å². The maximum atomic E-state index is 5.94. The molecule has 0 saturated heterocycles. The molecule has 0 aliphatic carbocycles. The minimum atomic E-state index is 0.813. The Labute approximate surface area is 99.0 Å². The Morgan fingerprint density at radius 3 is 2.50 bits per heavy atom. The van der Waals surface area contributed by atoms with Crippen LogP contribution < -0.4 is 11.5 Å². The van der Waals surface area contributed by atoms with Crippen molar-refractivity contribution in [3.05, 3.63) is 23.8 Å². The van der Waals surface area contributed by atoms with E-state index in [1.807, 2.05) is 18.2 Å². The van der Waals surface area contributed by atoms with Crippen LogP contribution in [0.4, 0.5) is 11.4 Å². The first-order chi connectivity index (χ1) is 7.67. The molecule has 0 bridgehead atoms. The number of anilines is 2. The average molecular weight is 220 g/mol. The van der Waals surface area contributed by atoms with Crippen molar-refractivity contribution in [2.75, 3.05) is 11.5 Å².